The molecular weight excluding hydrogens is 502 g/mol. The van der Waals surface area contributed by atoms with Crippen LogP contribution in [0.25, 0.3) is 11.4 Å². The Labute approximate surface area is 204 Å². The standard InChI is InChI=1S/C10H7FN4O2S.C10H9FN4OS/c11-5-2-1-3-6(4-5)15-8(12)7(14-17)9(16)13-10(15)18;11-5-2-1-3-6(4-5)15-8(13)7(12)9(16)14-10(15)17/h1-4H,12H2,(H,13,16,18);1-4H,12-13H2,(H,14,16,17). The number of nitroso groups, excluding NO2 is 1. The van der Waals surface area contributed by atoms with Crippen molar-refractivity contribution in [3.05, 3.63) is 95.3 Å². The van der Waals surface area contributed by atoms with Crippen LogP contribution in [0.4, 0.5) is 31.8 Å². The SMILES string of the molecule is Nc1c(N)n(-c2cccc(F)c2)c(=S)[nH]c1=O.Nc1c(N=O)c(=O)[nH]c(=S)n1-c1cccc(F)c1. The number of nitrogens with zero attached hydrogens (tertiary/aromatic N) is 3. The number of aromatic nitrogens is 4. The van der Waals surface area contributed by atoms with E-state index in [0.29, 0.717) is 11.4 Å². The minimum atomic E-state index is -0.778. The van der Waals surface area contributed by atoms with Gasteiger partial charge in [-0.1, -0.05) is 12.1 Å². The molecule has 0 saturated heterocycles. The van der Waals surface area contributed by atoms with Gasteiger partial charge in [-0.2, -0.15) is 0 Å². The Hall–Kier alpha value is -4.50. The number of nitrogen functional groups attached to an aromatic ring is 3. The van der Waals surface area contributed by atoms with E-state index in [1.54, 1.807) is 6.07 Å². The number of hydrogen-bond donors (Lipinski definition) is 5. The first-order valence-electron chi connectivity index (χ1n) is 9.45. The molecule has 0 fully saturated rings. The molecule has 2 heterocycles. The summed E-state index contributed by atoms with van der Waals surface area (Å²) in [6.45, 7) is 0. The Morgan fingerprint density at radius 2 is 1.23 bits per heavy atom. The highest BCUT2D eigenvalue weighted by Crippen LogP contribution is 2.21. The zero-order valence-corrected chi connectivity index (χ0v) is 19.1. The van der Waals surface area contributed by atoms with Gasteiger partial charge >= 0.3 is 0 Å². The van der Waals surface area contributed by atoms with Crippen molar-refractivity contribution in [3.8, 4) is 11.4 Å². The molecule has 4 aromatic rings. The van der Waals surface area contributed by atoms with Crippen LogP contribution in [0.1, 0.15) is 0 Å². The van der Waals surface area contributed by atoms with Gasteiger partial charge in [-0.05, 0) is 66.0 Å². The molecule has 0 radical (unpaired) electrons. The maximum absolute atomic E-state index is 13.1. The van der Waals surface area contributed by atoms with Gasteiger partial charge in [0.15, 0.2) is 9.54 Å². The molecule has 0 amide bonds. The molecule has 35 heavy (non-hydrogen) atoms. The normalized spacial score (nSPS) is 10.3. The zero-order valence-electron chi connectivity index (χ0n) is 17.5. The van der Waals surface area contributed by atoms with Crippen LogP contribution >= 0.6 is 24.4 Å². The lowest BCUT2D eigenvalue weighted by Crippen LogP contribution is -2.20. The number of anilines is 3. The molecule has 180 valence electrons. The molecule has 4 rings (SSSR count). The van der Waals surface area contributed by atoms with Crippen molar-refractivity contribution in [2.45, 2.75) is 0 Å². The van der Waals surface area contributed by atoms with E-state index >= 15 is 0 Å². The van der Waals surface area contributed by atoms with Crippen molar-refractivity contribution in [2.24, 2.45) is 5.18 Å². The highest BCUT2D eigenvalue weighted by molar-refractivity contribution is 7.71. The summed E-state index contributed by atoms with van der Waals surface area (Å²) in [7, 11) is 0. The molecule has 0 bridgehead atoms. The molecule has 8 N–H and O–H groups in total. The second-order valence-corrected chi connectivity index (χ2v) is 7.55. The number of nitrogens with one attached hydrogen (secondary N) is 2. The summed E-state index contributed by atoms with van der Waals surface area (Å²) in [5, 5.41) is 2.54. The fourth-order valence-corrected chi connectivity index (χ4v) is 3.53. The van der Waals surface area contributed by atoms with Crippen LogP contribution in [0.15, 0.2) is 63.3 Å². The van der Waals surface area contributed by atoms with Gasteiger partial charge in [-0.3, -0.25) is 28.7 Å². The molecule has 11 nitrogen and oxygen atoms in total. The van der Waals surface area contributed by atoms with Crippen molar-refractivity contribution in [3.63, 3.8) is 0 Å². The van der Waals surface area contributed by atoms with Gasteiger partial charge in [0.25, 0.3) is 11.1 Å². The van der Waals surface area contributed by atoms with E-state index in [0.717, 1.165) is 4.57 Å². The second kappa shape index (κ2) is 10.2. The minimum Gasteiger partial charge on any atom is -0.391 e. The van der Waals surface area contributed by atoms with E-state index in [4.69, 9.17) is 41.6 Å². The second-order valence-electron chi connectivity index (χ2n) is 6.77. The van der Waals surface area contributed by atoms with E-state index in [2.05, 4.69) is 15.1 Å². The molecule has 2 aromatic carbocycles. The third-order valence-corrected chi connectivity index (χ3v) is 5.10. The van der Waals surface area contributed by atoms with E-state index in [9.17, 15) is 23.3 Å². The smallest absolute Gasteiger partial charge is 0.283 e. The lowest BCUT2D eigenvalue weighted by molar-refractivity contribution is 0.626. The molecule has 15 heteroatoms. The first-order chi connectivity index (χ1) is 16.5. The van der Waals surface area contributed by atoms with Gasteiger partial charge in [0.05, 0.1) is 11.4 Å². The predicted molar refractivity (Wildman–Crippen MR) is 133 cm³/mol. The Morgan fingerprint density at radius 1 is 0.771 bits per heavy atom. The summed E-state index contributed by atoms with van der Waals surface area (Å²) in [5.41, 5.74) is 15.5. The molecule has 0 unspecified atom stereocenters. The summed E-state index contributed by atoms with van der Waals surface area (Å²) in [6.07, 6.45) is 0. The van der Waals surface area contributed by atoms with Crippen LogP contribution < -0.4 is 28.3 Å². The highest BCUT2D eigenvalue weighted by Gasteiger charge is 2.13. The van der Waals surface area contributed by atoms with Gasteiger partial charge in [-0.15, -0.1) is 4.91 Å². The highest BCUT2D eigenvalue weighted by atomic mass is 32.1. The molecule has 2 aromatic heterocycles. The Kier molecular flexibility index (Phi) is 7.31. The number of H-pyrrole nitrogens is 2. The Balaban J connectivity index is 0.000000196. The average molecular weight is 519 g/mol. The van der Waals surface area contributed by atoms with Gasteiger partial charge in [0.2, 0.25) is 5.69 Å². The van der Waals surface area contributed by atoms with Crippen LogP contribution in [-0.4, -0.2) is 19.1 Å². The van der Waals surface area contributed by atoms with Crippen molar-refractivity contribution in [2.75, 3.05) is 17.2 Å². The van der Waals surface area contributed by atoms with E-state index in [-0.39, 0.29) is 26.9 Å². The summed E-state index contributed by atoms with van der Waals surface area (Å²) in [6, 6.07) is 11.0. The van der Waals surface area contributed by atoms with E-state index in [1.165, 1.54) is 47.0 Å². The fourth-order valence-electron chi connectivity index (χ4n) is 2.94. The van der Waals surface area contributed by atoms with E-state index in [1.807, 2.05) is 0 Å². The maximum atomic E-state index is 13.1. The predicted octanol–water partition coefficient (Wildman–Crippen LogP) is 3.21. The molecule has 0 atom stereocenters. The first-order valence-corrected chi connectivity index (χ1v) is 10.3. The van der Waals surface area contributed by atoms with Crippen molar-refractivity contribution in [1.29, 1.82) is 0 Å². The minimum absolute atomic E-state index is 0.00986. The van der Waals surface area contributed by atoms with Gasteiger partial charge < -0.3 is 17.2 Å². The molecule has 0 aliphatic rings. The van der Waals surface area contributed by atoms with Gasteiger partial charge in [0, 0.05) is 0 Å². The summed E-state index contributed by atoms with van der Waals surface area (Å²) in [4.78, 5) is 37.8. The Morgan fingerprint density at radius 3 is 1.69 bits per heavy atom. The molecule has 0 spiro atoms. The monoisotopic (exact) mass is 518 g/mol. The molecule has 0 aliphatic heterocycles. The topological polar surface area (TPSA) is 183 Å². The van der Waals surface area contributed by atoms with Gasteiger partial charge in [-0.25, -0.2) is 8.78 Å². The van der Waals surface area contributed by atoms with Crippen LogP contribution in [0.2, 0.25) is 0 Å². The molecular formula is C20H16F2N8O3S2. The quantitative estimate of drug-likeness (QED) is 0.202. The third-order valence-electron chi connectivity index (χ3n) is 4.53. The number of benzene rings is 2. The van der Waals surface area contributed by atoms with Crippen LogP contribution in [0.3, 0.4) is 0 Å². The largest absolute Gasteiger partial charge is 0.391 e. The number of halogens is 2. The lowest BCUT2D eigenvalue weighted by atomic mass is 10.3. The summed E-state index contributed by atoms with van der Waals surface area (Å²) < 4.78 is 28.7. The number of hydrogen-bond acceptors (Lipinski definition) is 9. The van der Waals surface area contributed by atoms with Crippen LogP contribution in [-0.2, 0) is 0 Å². The lowest BCUT2D eigenvalue weighted by Gasteiger charge is -2.11. The van der Waals surface area contributed by atoms with Crippen LogP contribution in [0, 0.1) is 26.1 Å². The number of aromatic amines is 2. The summed E-state index contributed by atoms with van der Waals surface area (Å²) >= 11 is 9.88. The third kappa shape index (κ3) is 5.20. The average Bonchev–Trinajstić information content (AvgIpc) is 2.78. The maximum Gasteiger partial charge on any atom is 0.283 e. The molecule has 0 aliphatic carbocycles. The van der Waals surface area contributed by atoms with Gasteiger partial charge in [0.1, 0.15) is 29.0 Å². The van der Waals surface area contributed by atoms with Crippen molar-refractivity contribution >= 4 is 47.4 Å². The zero-order chi connectivity index (χ0) is 25.9. The summed E-state index contributed by atoms with van der Waals surface area (Å²) in [5.74, 6) is -1.18. The first kappa shape index (κ1) is 25.1. The van der Waals surface area contributed by atoms with Crippen molar-refractivity contribution < 1.29 is 8.78 Å². The Bertz CT molecular complexity index is 1680. The fraction of sp³-hybridized carbons (Fsp3) is 0. The number of nitrogens with two attached hydrogens (primary N) is 3. The number of rotatable bonds is 3. The van der Waals surface area contributed by atoms with E-state index < -0.39 is 28.4 Å². The van der Waals surface area contributed by atoms with Crippen LogP contribution in [0.5, 0.6) is 0 Å². The molecule has 0 saturated carbocycles. The van der Waals surface area contributed by atoms with Crippen molar-refractivity contribution in [1.82, 2.24) is 19.1 Å².